The Morgan fingerprint density at radius 3 is 2.67 bits per heavy atom. The quantitative estimate of drug-likeness (QED) is 0.800. The molecule has 0 N–H and O–H groups in total. The lowest BCUT2D eigenvalue weighted by atomic mass is 10.1. The minimum atomic E-state index is 1.12. The van der Waals surface area contributed by atoms with Crippen LogP contribution in [0.3, 0.4) is 0 Å². The maximum atomic E-state index is 2.60. The lowest BCUT2D eigenvalue weighted by Crippen LogP contribution is -2.32. The van der Waals surface area contributed by atoms with Gasteiger partial charge in [-0.15, -0.1) is 0 Å². The topological polar surface area (TPSA) is 8.17 Å². The van der Waals surface area contributed by atoms with Crippen LogP contribution in [0.5, 0.6) is 0 Å². The van der Waals surface area contributed by atoms with Crippen LogP contribution in [0.25, 0.3) is 10.9 Å². The van der Waals surface area contributed by atoms with Crippen molar-refractivity contribution in [2.75, 3.05) is 19.6 Å². The Balaban J connectivity index is 1.72. The molecule has 0 radical (unpaired) electrons. The van der Waals surface area contributed by atoms with Gasteiger partial charge in [0, 0.05) is 24.8 Å². The molecule has 3 rings (SSSR count). The summed E-state index contributed by atoms with van der Waals surface area (Å²) in [7, 11) is 0. The van der Waals surface area contributed by atoms with Gasteiger partial charge in [0.25, 0.3) is 0 Å². The summed E-state index contributed by atoms with van der Waals surface area (Å²) in [5.41, 5.74) is 2.73. The van der Waals surface area contributed by atoms with Crippen molar-refractivity contribution in [3.05, 3.63) is 36.0 Å². The molecule has 0 amide bonds. The van der Waals surface area contributed by atoms with Gasteiger partial charge in [0.2, 0.25) is 0 Å². The van der Waals surface area contributed by atoms with Crippen molar-refractivity contribution in [1.82, 2.24) is 9.47 Å². The van der Waals surface area contributed by atoms with E-state index < -0.39 is 0 Å². The predicted molar refractivity (Wildman–Crippen MR) is 77.0 cm³/mol. The SMILES string of the molecule is Cc1ccc2ccn(CCN3CCCCC3)c2c1. The highest BCUT2D eigenvalue weighted by atomic mass is 15.1. The Bertz CT molecular complexity index is 521. The molecule has 0 aliphatic carbocycles. The molecule has 0 unspecified atom stereocenters. The fraction of sp³-hybridized carbons (Fsp3) is 0.500. The van der Waals surface area contributed by atoms with Crippen molar-refractivity contribution in [2.24, 2.45) is 0 Å². The third-order valence-corrected chi connectivity index (χ3v) is 4.04. The van der Waals surface area contributed by atoms with Gasteiger partial charge in [-0.3, -0.25) is 0 Å². The van der Waals surface area contributed by atoms with Crippen LogP contribution in [-0.2, 0) is 6.54 Å². The maximum Gasteiger partial charge on any atom is 0.0483 e. The summed E-state index contributed by atoms with van der Waals surface area (Å²) in [6.45, 7) is 7.06. The predicted octanol–water partition coefficient (Wildman–Crippen LogP) is 3.44. The van der Waals surface area contributed by atoms with E-state index in [1.54, 1.807) is 0 Å². The second-order valence-electron chi connectivity index (χ2n) is 5.47. The maximum absolute atomic E-state index is 2.60. The van der Waals surface area contributed by atoms with E-state index in [9.17, 15) is 0 Å². The molecule has 96 valence electrons. The molecule has 0 saturated carbocycles. The van der Waals surface area contributed by atoms with Gasteiger partial charge in [0.15, 0.2) is 0 Å². The fourth-order valence-corrected chi connectivity index (χ4v) is 2.92. The first-order chi connectivity index (χ1) is 8.83. The summed E-state index contributed by atoms with van der Waals surface area (Å²) in [5, 5.41) is 1.36. The van der Waals surface area contributed by atoms with Gasteiger partial charge >= 0.3 is 0 Å². The number of likely N-dealkylation sites (tertiary alicyclic amines) is 1. The Hall–Kier alpha value is -1.28. The van der Waals surface area contributed by atoms with Gasteiger partial charge in [-0.25, -0.2) is 0 Å². The van der Waals surface area contributed by atoms with Gasteiger partial charge in [0.05, 0.1) is 0 Å². The molecule has 1 aromatic carbocycles. The lowest BCUT2D eigenvalue weighted by molar-refractivity contribution is 0.221. The van der Waals surface area contributed by atoms with Crippen LogP contribution in [0, 0.1) is 6.92 Å². The minimum Gasteiger partial charge on any atom is -0.346 e. The average Bonchev–Trinajstić information content (AvgIpc) is 2.80. The van der Waals surface area contributed by atoms with Gasteiger partial charge < -0.3 is 9.47 Å². The highest BCUT2D eigenvalue weighted by Gasteiger charge is 2.10. The molecule has 0 spiro atoms. The highest BCUT2D eigenvalue weighted by Crippen LogP contribution is 2.17. The third-order valence-electron chi connectivity index (χ3n) is 4.04. The van der Waals surface area contributed by atoms with Crippen molar-refractivity contribution in [3.63, 3.8) is 0 Å². The van der Waals surface area contributed by atoms with Crippen molar-refractivity contribution in [2.45, 2.75) is 32.7 Å². The molecule has 0 atom stereocenters. The first-order valence-electron chi connectivity index (χ1n) is 7.11. The van der Waals surface area contributed by atoms with E-state index in [1.807, 2.05) is 0 Å². The summed E-state index contributed by atoms with van der Waals surface area (Å²) in [6, 6.07) is 8.94. The van der Waals surface area contributed by atoms with Crippen LogP contribution in [0.4, 0.5) is 0 Å². The molecular weight excluding hydrogens is 220 g/mol. The standard InChI is InChI=1S/C16H22N2/c1-14-5-6-15-7-10-18(16(15)13-14)12-11-17-8-3-2-4-9-17/h5-7,10,13H,2-4,8-9,11-12H2,1H3. The molecular formula is C16H22N2. The van der Waals surface area contributed by atoms with Crippen LogP contribution < -0.4 is 0 Å². The normalized spacial score (nSPS) is 17.4. The van der Waals surface area contributed by atoms with Crippen molar-refractivity contribution >= 4 is 10.9 Å². The van der Waals surface area contributed by atoms with Gasteiger partial charge in [0.1, 0.15) is 0 Å². The Kier molecular flexibility index (Phi) is 3.37. The summed E-state index contributed by atoms with van der Waals surface area (Å²) in [4.78, 5) is 2.60. The summed E-state index contributed by atoms with van der Waals surface area (Å²) >= 11 is 0. The smallest absolute Gasteiger partial charge is 0.0483 e. The second kappa shape index (κ2) is 5.15. The summed E-state index contributed by atoms with van der Waals surface area (Å²) in [6.07, 6.45) is 6.41. The van der Waals surface area contributed by atoms with Crippen LogP contribution >= 0.6 is 0 Å². The second-order valence-corrected chi connectivity index (χ2v) is 5.47. The molecule has 2 aromatic rings. The zero-order chi connectivity index (χ0) is 12.4. The number of hydrogen-bond acceptors (Lipinski definition) is 1. The first-order valence-corrected chi connectivity index (χ1v) is 7.11. The van der Waals surface area contributed by atoms with Crippen molar-refractivity contribution in [1.29, 1.82) is 0 Å². The monoisotopic (exact) mass is 242 g/mol. The molecule has 2 heterocycles. The van der Waals surface area contributed by atoms with Crippen LogP contribution in [0.1, 0.15) is 24.8 Å². The van der Waals surface area contributed by atoms with Gasteiger partial charge in [-0.1, -0.05) is 18.6 Å². The fourth-order valence-electron chi connectivity index (χ4n) is 2.92. The van der Waals surface area contributed by atoms with E-state index >= 15 is 0 Å². The number of piperidine rings is 1. The third kappa shape index (κ3) is 2.44. The summed E-state index contributed by atoms with van der Waals surface area (Å²) < 4.78 is 2.40. The van der Waals surface area contributed by atoms with E-state index in [0.29, 0.717) is 0 Å². The number of fused-ring (bicyclic) bond motifs is 1. The van der Waals surface area contributed by atoms with Crippen LogP contribution in [0.2, 0.25) is 0 Å². The van der Waals surface area contributed by atoms with E-state index in [2.05, 4.69) is 46.9 Å². The summed E-state index contributed by atoms with van der Waals surface area (Å²) in [5.74, 6) is 0. The number of aromatic nitrogens is 1. The number of nitrogens with zero attached hydrogens (tertiary/aromatic N) is 2. The average molecular weight is 242 g/mol. The Labute approximate surface area is 109 Å². The number of benzene rings is 1. The minimum absolute atomic E-state index is 1.12. The largest absolute Gasteiger partial charge is 0.346 e. The molecule has 1 aliphatic heterocycles. The molecule has 0 bridgehead atoms. The molecule has 2 nitrogen and oxygen atoms in total. The van der Waals surface area contributed by atoms with Crippen molar-refractivity contribution < 1.29 is 0 Å². The highest BCUT2D eigenvalue weighted by molar-refractivity contribution is 5.80. The number of hydrogen-bond donors (Lipinski definition) is 0. The molecule has 18 heavy (non-hydrogen) atoms. The zero-order valence-corrected chi connectivity index (χ0v) is 11.2. The number of aryl methyl sites for hydroxylation is 1. The van der Waals surface area contributed by atoms with Crippen LogP contribution in [-0.4, -0.2) is 29.1 Å². The molecule has 1 saturated heterocycles. The van der Waals surface area contributed by atoms with E-state index in [1.165, 1.54) is 55.4 Å². The van der Waals surface area contributed by atoms with E-state index in [-0.39, 0.29) is 0 Å². The first kappa shape index (κ1) is 11.8. The number of rotatable bonds is 3. The van der Waals surface area contributed by atoms with E-state index in [0.717, 1.165) is 6.54 Å². The Morgan fingerprint density at radius 2 is 1.83 bits per heavy atom. The van der Waals surface area contributed by atoms with Gasteiger partial charge in [-0.2, -0.15) is 0 Å². The van der Waals surface area contributed by atoms with Crippen molar-refractivity contribution in [3.8, 4) is 0 Å². The molecule has 1 aromatic heterocycles. The van der Waals surface area contributed by atoms with Crippen LogP contribution in [0.15, 0.2) is 30.5 Å². The van der Waals surface area contributed by atoms with E-state index in [4.69, 9.17) is 0 Å². The molecule has 2 heteroatoms. The zero-order valence-electron chi connectivity index (χ0n) is 11.2. The van der Waals surface area contributed by atoms with Gasteiger partial charge in [-0.05, 0) is 55.9 Å². The molecule has 1 aliphatic rings. The Morgan fingerprint density at radius 1 is 1.00 bits per heavy atom. The lowest BCUT2D eigenvalue weighted by Gasteiger charge is -2.26. The molecule has 1 fully saturated rings.